The van der Waals surface area contributed by atoms with E-state index < -0.39 is 62.6 Å². The van der Waals surface area contributed by atoms with Crippen molar-refractivity contribution >= 4 is 45.9 Å². The number of rotatable bonds is 5. The Morgan fingerprint density at radius 1 is 0.972 bits per heavy atom. The fourth-order valence-electron chi connectivity index (χ4n) is 3.64. The van der Waals surface area contributed by atoms with E-state index in [1.165, 1.54) is 12.1 Å². The lowest BCUT2D eigenvalue weighted by molar-refractivity contribution is -0.392. The zero-order valence-electron chi connectivity index (χ0n) is 17.9. The number of nitrogens with one attached hydrogen (secondary N) is 2. The van der Waals surface area contributed by atoms with E-state index in [2.05, 4.69) is 10.6 Å². The first-order valence-electron chi connectivity index (χ1n) is 10.1. The van der Waals surface area contributed by atoms with Crippen LogP contribution in [0, 0.1) is 20.2 Å². The second-order valence-electron chi connectivity index (χ2n) is 7.56. The normalized spacial score (nSPS) is 13.0. The summed E-state index contributed by atoms with van der Waals surface area (Å²) in [5.74, 6) is -1.47. The average Bonchev–Trinajstić information content (AvgIpc) is 2.82. The molecule has 0 aromatic heterocycles. The van der Waals surface area contributed by atoms with Crippen molar-refractivity contribution in [2.75, 3.05) is 22.1 Å². The number of amides is 2. The number of hydrogen-bond acceptors (Lipinski definition) is 7. The number of carbonyl (C=O) groups is 2. The fourth-order valence-corrected chi connectivity index (χ4v) is 3.64. The molecule has 4 rings (SSSR count). The molecule has 184 valence electrons. The summed E-state index contributed by atoms with van der Waals surface area (Å²) >= 11 is 0. The van der Waals surface area contributed by atoms with Gasteiger partial charge < -0.3 is 10.6 Å². The summed E-state index contributed by atoms with van der Waals surface area (Å²) in [4.78, 5) is 47.9. The summed E-state index contributed by atoms with van der Waals surface area (Å²) in [6, 6.07) is 11.3. The number of nitro benzene ring substituents is 2. The van der Waals surface area contributed by atoms with E-state index in [1.807, 2.05) is 0 Å². The topological polar surface area (TPSA) is 148 Å². The highest BCUT2D eigenvalue weighted by atomic mass is 19.4. The monoisotopic (exact) mass is 501 g/mol. The van der Waals surface area contributed by atoms with Crippen molar-refractivity contribution in [2.24, 2.45) is 0 Å². The Morgan fingerprint density at radius 2 is 1.61 bits per heavy atom. The van der Waals surface area contributed by atoms with Crippen LogP contribution in [0.15, 0.2) is 60.7 Å². The molecular formula is C22H14F3N5O6. The predicted octanol–water partition coefficient (Wildman–Crippen LogP) is 4.86. The first-order chi connectivity index (χ1) is 17.0. The van der Waals surface area contributed by atoms with Gasteiger partial charge in [0.25, 0.3) is 5.91 Å². The number of nitro groups is 2. The molecule has 3 aromatic rings. The van der Waals surface area contributed by atoms with Gasteiger partial charge in [0.2, 0.25) is 5.91 Å². The van der Waals surface area contributed by atoms with Gasteiger partial charge in [0.15, 0.2) is 5.69 Å². The highest BCUT2D eigenvalue weighted by Gasteiger charge is 2.34. The largest absolute Gasteiger partial charge is 0.416 e. The number of halogens is 3. The standard InChI is InChI=1S/C22H14F3N5O6/c23-22(24,25)13-4-3-5-14(10-13)26-20-17(29(33)34)8-12(9-18(20)30(35)36)21(32)28-11-19(31)27-15-6-1-2-7-16(15)28/h1-10,26H,11H2,(H,27,31). The predicted molar refractivity (Wildman–Crippen MR) is 121 cm³/mol. The molecule has 1 heterocycles. The molecule has 0 aliphatic carbocycles. The van der Waals surface area contributed by atoms with Crippen LogP contribution in [0.5, 0.6) is 0 Å². The van der Waals surface area contributed by atoms with Gasteiger partial charge in [-0.1, -0.05) is 18.2 Å². The molecule has 0 spiro atoms. The Bertz CT molecular complexity index is 1390. The molecule has 0 saturated heterocycles. The number of fused-ring (bicyclic) bond motifs is 1. The quantitative estimate of drug-likeness (QED) is 0.375. The molecule has 0 unspecified atom stereocenters. The summed E-state index contributed by atoms with van der Waals surface area (Å²) < 4.78 is 39.2. The van der Waals surface area contributed by atoms with E-state index >= 15 is 0 Å². The summed E-state index contributed by atoms with van der Waals surface area (Å²) in [5.41, 5.74) is -3.81. The van der Waals surface area contributed by atoms with Crippen molar-refractivity contribution in [2.45, 2.75) is 6.18 Å². The van der Waals surface area contributed by atoms with E-state index in [1.54, 1.807) is 12.1 Å². The third-order valence-electron chi connectivity index (χ3n) is 5.21. The molecule has 36 heavy (non-hydrogen) atoms. The summed E-state index contributed by atoms with van der Waals surface area (Å²) in [5, 5.41) is 28.5. The second-order valence-corrected chi connectivity index (χ2v) is 7.56. The van der Waals surface area contributed by atoms with Crippen LogP contribution >= 0.6 is 0 Å². The molecule has 1 aliphatic rings. The number of benzene rings is 3. The lowest BCUT2D eigenvalue weighted by Gasteiger charge is -2.29. The van der Waals surface area contributed by atoms with Gasteiger partial charge in [-0.3, -0.25) is 34.7 Å². The van der Waals surface area contributed by atoms with Gasteiger partial charge in [-0.15, -0.1) is 0 Å². The van der Waals surface area contributed by atoms with Gasteiger partial charge in [-0.05, 0) is 30.3 Å². The van der Waals surface area contributed by atoms with E-state index in [4.69, 9.17) is 0 Å². The smallest absolute Gasteiger partial charge is 0.344 e. The third-order valence-corrected chi connectivity index (χ3v) is 5.21. The highest BCUT2D eigenvalue weighted by Crippen LogP contribution is 2.40. The van der Waals surface area contributed by atoms with Gasteiger partial charge in [-0.2, -0.15) is 13.2 Å². The van der Waals surface area contributed by atoms with Crippen molar-refractivity contribution in [1.82, 2.24) is 0 Å². The Morgan fingerprint density at radius 3 is 2.22 bits per heavy atom. The highest BCUT2D eigenvalue weighted by molar-refractivity contribution is 6.15. The van der Waals surface area contributed by atoms with Crippen molar-refractivity contribution in [1.29, 1.82) is 0 Å². The fraction of sp³-hybridized carbons (Fsp3) is 0.0909. The number of nitrogens with zero attached hydrogens (tertiary/aromatic N) is 3. The average molecular weight is 501 g/mol. The van der Waals surface area contributed by atoms with Crippen LogP contribution in [-0.4, -0.2) is 28.2 Å². The molecule has 0 fully saturated rings. The van der Waals surface area contributed by atoms with Gasteiger partial charge in [0.05, 0.1) is 32.3 Å². The van der Waals surface area contributed by atoms with Crippen LogP contribution in [0.25, 0.3) is 0 Å². The Hall–Kier alpha value is -5.01. The van der Waals surface area contributed by atoms with Crippen molar-refractivity contribution in [3.63, 3.8) is 0 Å². The molecule has 14 heteroatoms. The van der Waals surface area contributed by atoms with Gasteiger partial charge in [-0.25, -0.2) is 0 Å². The number of anilines is 4. The number of para-hydroxylation sites is 2. The Kier molecular flexibility index (Phi) is 6.02. The van der Waals surface area contributed by atoms with E-state index in [-0.39, 0.29) is 11.4 Å². The molecule has 2 amide bonds. The van der Waals surface area contributed by atoms with Crippen LogP contribution in [-0.2, 0) is 11.0 Å². The Labute approximate surface area is 199 Å². The van der Waals surface area contributed by atoms with Crippen molar-refractivity contribution < 1.29 is 32.6 Å². The minimum atomic E-state index is -4.72. The van der Waals surface area contributed by atoms with Crippen molar-refractivity contribution in [3.05, 3.63) is 92.0 Å². The maximum atomic E-state index is 13.2. The molecule has 0 saturated carbocycles. The number of carbonyl (C=O) groups excluding carboxylic acids is 2. The summed E-state index contributed by atoms with van der Waals surface area (Å²) in [6.45, 7) is -0.443. The molecule has 3 aromatic carbocycles. The van der Waals surface area contributed by atoms with Crippen LogP contribution in [0.1, 0.15) is 15.9 Å². The number of alkyl halides is 3. The van der Waals surface area contributed by atoms with E-state index in [0.29, 0.717) is 11.8 Å². The molecule has 2 N–H and O–H groups in total. The summed E-state index contributed by atoms with van der Waals surface area (Å²) in [7, 11) is 0. The second kappa shape index (κ2) is 8.98. The van der Waals surface area contributed by atoms with Gasteiger partial charge in [0.1, 0.15) is 6.54 Å². The zero-order valence-corrected chi connectivity index (χ0v) is 17.9. The Balaban J connectivity index is 1.81. The third kappa shape index (κ3) is 4.64. The van der Waals surface area contributed by atoms with Crippen molar-refractivity contribution in [3.8, 4) is 0 Å². The van der Waals surface area contributed by atoms with Gasteiger partial charge in [0, 0.05) is 17.8 Å². The minimum absolute atomic E-state index is 0.276. The van der Waals surface area contributed by atoms with Crippen LogP contribution in [0.4, 0.5) is 47.3 Å². The van der Waals surface area contributed by atoms with Crippen LogP contribution in [0.2, 0.25) is 0 Å². The van der Waals surface area contributed by atoms with Crippen LogP contribution < -0.4 is 15.5 Å². The zero-order chi connectivity index (χ0) is 26.2. The molecular weight excluding hydrogens is 487 g/mol. The first-order valence-corrected chi connectivity index (χ1v) is 10.1. The maximum Gasteiger partial charge on any atom is 0.416 e. The molecule has 11 nitrogen and oxygen atoms in total. The number of hydrogen-bond donors (Lipinski definition) is 2. The molecule has 1 aliphatic heterocycles. The molecule has 0 bridgehead atoms. The van der Waals surface area contributed by atoms with Crippen LogP contribution in [0.3, 0.4) is 0 Å². The SMILES string of the molecule is O=C1CN(C(=O)c2cc([N+](=O)[O-])c(Nc3cccc(C(F)(F)F)c3)c([N+](=O)[O-])c2)c2ccccc2N1. The first kappa shape index (κ1) is 24.1. The molecule has 0 radical (unpaired) electrons. The lowest BCUT2D eigenvalue weighted by atomic mass is 10.1. The maximum absolute atomic E-state index is 13.2. The van der Waals surface area contributed by atoms with Gasteiger partial charge >= 0.3 is 17.6 Å². The summed E-state index contributed by atoms with van der Waals surface area (Å²) in [6.07, 6.45) is -4.72. The molecule has 0 atom stereocenters. The van der Waals surface area contributed by atoms with E-state index in [9.17, 15) is 43.0 Å². The van der Waals surface area contributed by atoms with E-state index in [0.717, 1.165) is 35.2 Å². The lowest BCUT2D eigenvalue weighted by Crippen LogP contribution is -2.42. The minimum Gasteiger partial charge on any atom is -0.344 e.